The van der Waals surface area contributed by atoms with E-state index in [1.54, 1.807) is 0 Å². The van der Waals surface area contributed by atoms with E-state index < -0.39 is 0 Å². The van der Waals surface area contributed by atoms with Gasteiger partial charge in [-0.25, -0.2) is 0 Å². The molecular weight excluding hydrogens is 450 g/mol. The van der Waals surface area contributed by atoms with Crippen molar-refractivity contribution in [3.63, 3.8) is 0 Å². The molecule has 3 atom stereocenters. The van der Waals surface area contributed by atoms with E-state index in [4.69, 9.17) is 9.83 Å². The molecule has 0 amide bonds. The van der Waals surface area contributed by atoms with E-state index in [2.05, 4.69) is 91.9 Å². The van der Waals surface area contributed by atoms with Crippen molar-refractivity contribution >= 4 is 50.1 Å². The van der Waals surface area contributed by atoms with Crippen LogP contribution in [0.2, 0.25) is 0 Å². The Bertz CT molecular complexity index is 1720. The number of rotatable bonds is 5. The van der Waals surface area contributed by atoms with Gasteiger partial charge in [0.15, 0.2) is 0 Å². The molecule has 0 aliphatic heterocycles. The molecule has 7 rings (SSSR count). The van der Waals surface area contributed by atoms with Crippen molar-refractivity contribution in [2.24, 2.45) is 11.8 Å². The van der Waals surface area contributed by atoms with Crippen LogP contribution in [0.25, 0.3) is 43.9 Å². The summed E-state index contributed by atoms with van der Waals surface area (Å²) in [6, 6.07) is 28.3. The molecule has 1 N–H and O–H groups in total. The third-order valence-electron chi connectivity index (χ3n) is 8.86. The Kier molecular flexibility index (Phi) is 5.35. The largest absolute Gasteiger partial charge is 0.455 e. The molecule has 3 unspecified atom stereocenters. The lowest BCUT2D eigenvalue weighted by atomic mass is 9.83. The lowest BCUT2D eigenvalue weighted by Gasteiger charge is -2.22. The van der Waals surface area contributed by atoms with Crippen molar-refractivity contribution < 1.29 is 4.42 Å². The third kappa shape index (κ3) is 3.74. The van der Waals surface area contributed by atoms with Crippen LogP contribution >= 0.6 is 0 Å². The van der Waals surface area contributed by atoms with E-state index in [1.807, 2.05) is 6.08 Å². The van der Waals surface area contributed by atoms with Crippen LogP contribution in [-0.4, -0.2) is 6.21 Å². The molecule has 4 aromatic carbocycles. The Labute approximate surface area is 217 Å². The van der Waals surface area contributed by atoms with Crippen LogP contribution in [0.1, 0.15) is 55.2 Å². The molecule has 2 saturated carbocycles. The molecule has 2 bridgehead atoms. The molecule has 37 heavy (non-hydrogen) atoms. The van der Waals surface area contributed by atoms with Crippen LogP contribution < -0.4 is 0 Å². The van der Waals surface area contributed by atoms with Gasteiger partial charge in [-0.05, 0) is 83.7 Å². The first-order valence-electron chi connectivity index (χ1n) is 13.5. The van der Waals surface area contributed by atoms with Gasteiger partial charge in [0.2, 0.25) is 0 Å². The fraction of sp³-hybridized carbons (Fsp3) is 0.229. The number of furan rings is 1. The normalized spacial score (nSPS) is 21.9. The minimum Gasteiger partial charge on any atom is -0.455 e. The van der Waals surface area contributed by atoms with Crippen LogP contribution in [0.3, 0.4) is 0 Å². The van der Waals surface area contributed by atoms with Crippen LogP contribution in [0.15, 0.2) is 95.4 Å². The zero-order valence-electron chi connectivity index (χ0n) is 21.2. The monoisotopic (exact) mass is 481 g/mol. The lowest BCUT2D eigenvalue weighted by molar-refractivity contribution is 0.420. The second-order valence-electron chi connectivity index (χ2n) is 11.0. The molecule has 2 aliphatic rings. The van der Waals surface area contributed by atoms with Crippen LogP contribution in [0.5, 0.6) is 0 Å². The van der Waals surface area contributed by atoms with E-state index in [0.717, 1.165) is 67.4 Å². The highest BCUT2D eigenvalue weighted by molar-refractivity contribution is 6.16. The SMILES string of the molecule is C/C(=C\C(=C/C=N)c1ccc(C2CC3CCC2C3)cc1)c1cccc2c1oc1c3ccccc3ccc21. The summed E-state index contributed by atoms with van der Waals surface area (Å²) in [5.74, 6) is 2.57. The molecule has 2 nitrogen and oxygen atoms in total. The van der Waals surface area contributed by atoms with Gasteiger partial charge in [-0.15, -0.1) is 0 Å². The van der Waals surface area contributed by atoms with E-state index in [-0.39, 0.29) is 0 Å². The molecule has 182 valence electrons. The van der Waals surface area contributed by atoms with Gasteiger partial charge in [0.05, 0.1) is 0 Å². The predicted molar refractivity (Wildman–Crippen MR) is 156 cm³/mol. The number of fused-ring (bicyclic) bond motifs is 7. The molecular formula is C35H31NO. The zero-order valence-corrected chi connectivity index (χ0v) is 21.2. The summed E-state index contributed by atoms with van der Waals surface area (Å²) in [6.07, 6.45) is 11.1. The van der Waals surface area contributed by atoms with Gasteiger partial charge in [-0.2, -0.15) is 0 Å². The number of hydrogen-bond acceptors (Lipinski definition) is 2. The Hall–Kier alpha value is -3.91. The molecule has 2 heteroatoms. The highest BCUT2D eigenvalue weighted by Crippen LogP contribution is 2.52. The maximum absolute atomic E-state index is 7.80. The number of para-hydroxylation sites is 1. The van der Waals surface area contributed by atoms with E-state index in [1.165, 1.54) is 42.8 Å². The van der Waals surface area contributed by atoms with Crippen molar-refractivity contribution in [1.29, 1.82) is 5.41 Å². The Balaban J connectivity index is 1.27. The summed E-state index contributed by atoms with van der Waals surface area (Å²) in [7, 11) is 0. The fourth-order valence-electron chi connectivity index (χ4n) is 7.04. The molecule has 2 aliphatic carbocycles. The minimum absolute atomic E-state index is 0.738. The van der Waals surface area contributed by atoms with Gasteiger partial charge in [0.1, 0.15) is 11.2 Å². The average Bonchev–Trinajstić information content (AvgIpc) is 3.67. The Morgan fingerprint density at radius 3 is 2.41 bits per heavy atom. The summed E-state index contributed by atoms with van der Waals surface area (Å²) >= 11 is 0. The third-order valence-corrected chi connectivity index (χ3v) is 8.86. The first kappa shape index (κ1) is 22.3. The summed E-state index contributed by atoms with van der Waals surface area (Å²) < 4.78 is 6.56. The molecule has 0 radical (unpaired) electrons. The molecule has 2 fully saturated rings. The van der Waals surface area contributed by atoms with E-state index in [9.17, 15) is 0 Å². The van der Waals surface area contributed by atoms with Gasteiger partial charge in [0, 0.05) is 27.9 Å². The summed E-state index contributed by atoms with van der Waals surface area (Å²) in [6.45, 7) is 2.14. The maximum atomic E-state index is 7.80. The lowest BCUT2D eigenvalue weighted by Crippen LogP contribution is -2.08. The van der Waals surface area contributed by atoms with Crippen LogP contribution in [-0.2, 0) is 0 Å². The predicted octanol–water partition coefficient (Wildman–Crippen LogP) is 9.78. The maximum Gasteiger partial charge on any atom is 0.143 e. The molecule has 5 aromatic rings. The van der Waals surface area contributed by atoms with Crippen LogP contribution in [0, 0.1) is 17.2 Å². The van der Waals surface area contributed by atoms with Crippen molar-refractivity contribution in [2.45, 2.75) is 38.5 Å². The highest BCUT2D eigenvalue weighted by atomic mass is 16.3. The molecule has 1 heterocycles. The van der Waals surface area contributed by atoms with E-state index in [0.29, 0.717) is 0 Å². The van der Waals surface area contributed by atoms with Crippen LogP contribution in [0.4, 0.5) is 0 Å². The second-order valence-corrected chi connectivity index (χ2v) is 11.0. The number of hydrogen-bond donors (Lipinski definition) is 1. The summed E-state index contributed by atoms with van der Waals surface area (Å²) in [5.41, 5.74) is 7.77. The first-order chi connectivity index (χ1) is 18.2. The Morgan fingerprint density at radius 2 is 1.62 bits per heavy atom. The average molecular weight is 482 g/mol. The number of allylic oxidation sites excluding steroid dienone is 4. The summed E-state index contributed by atoms with van der Waals surface area (Å²) in [5, 5.41) is 12.4. The molecule has 0 saturated heterocycles. The van der Waals surface area contributed by atoms with Crippen molar-refractivity contribution in [3.8, 4) is 0 Å². The smallest absolute Gasteiger partial charge is 0.143 e. The topological polar surface area (TPSA) is 37.0 Å². The van der Waals surface area contributed by atoms with Gasteiger partial charge in [-0.3, -0.25) is 0 Å². The highest BCUT2D eigenvalue weighted by Gasteiger charge is 2.39. The first-order valence-corrected chi connectivity index (χ1v) is 13.5. The van der Waals surface area contributed by atoms with Gasteiger partial charge in [-0.1, -0.05) is 85.3 Å². The summed E-state index contributed by atoms with van der Waals surface area (Å²) in [4.78, 5) is 0. The fourth-order valence-corrected chi connectivity index (χ4v) is 7.04. The van der Waals surface area contributed by atoms with Crippen molar-refractivity contribution in [3.05, 3.63) is 108 Å². The van der Waals surface area contributed by atoms with E-state index >= 15 is 0 Å². The zero-order chi connectivity index (χ0) is 24.9. The molecule has 0 spiro atoms. The quantitative estimate of drug-likeness (QED) is 0.197. The number of nitrogens with one attached hydrogen (secondary N) is 1. The van der Waals surface area contributed by atoms with Gasteiger partial charge < -0.3 is 9.83 Å². The van der Waals surface area contributed by atoms with Gasteiger partial charge in [0.25, 0.3) is 0 Å². The number of benzene rings is 4. The van der Waals surface area contributed by atoms with Crippen molar-refractivity contribution in [1.82, 2.24) is 0 Å². The minimum atomic E-state index is 0.738. The Morgan fingerprint density at radius 1 is 0.811 bits per heavy atom. The molecule has 1 aromatic heterocycles. The van der Waals surface area contributed by atoms with Crippen molar-refractivity contribution in [2.75, 3.05) is 0 Å². The standard InChI is InChI=1S/C35H31NO/c1-22(19-27(17-18-36)24-11-13-26(14-12-24)33-21-23-9-10-28(33)20-23)29-7-4-8-31-32-16-15-25-5-2-3-6-30(25)35(32)37-34(29)31/h2-8,11-19,23,28,33,36H,9-10,20-21H2,1H3/b22-19+,27-17+,36-18?. The van der Waals surface area contributed by atoms with Gasteiger partial charge >= 0.3 is 0 Å². The second kappa shape index (κ2) is 8.88.